The molecular formula is C20H21N5O4. The molecule has 0 bridgehead atoms. The fourth-order valence-corrected chi connectivity index (χ4v) is 2.66. The number of aliphatic hydroxyl groups is 1. The predicted molar refractivity (Wildman–Crippen MR) is 103 cm³/mol. The van der Waals surface area contributed by atoms with Gasteiger partial charge in [0.2, 0.25) is 5.60 Å². The number of ketones is 1. The molecule has 1 aromatic heterocycles. The van der Waals surface area contributed by atoms with Gasteiger partial charge in [0.05, 0.1) is 13.2 Å². The van der Waals surface area contributed by atoms with Crippen molar-refractivity contribution < 1.29 is 19.4 Å². The van der Waals surface area contributed by atoms with Gasteiger partial charge < -0.3 is 15.2 Å². The van der Waals surface area contributed by atoms with Crippen LogP contribution in [-0.2, 0) is 27.5 Å². The van der Waals surface area contributed by atoms with Crippen molar-refractivity contribution in [1.82, 2.24) is 25.9 Å². The van der Waals surface area contributed by atoms with Crippen molar-refractivity contribution in [3.8, 4) is 11.1 Å². The topological polar surface area (TPSA) is 130 Å². The number of nitrogens with one attached hydrogen (secondary N) is 2. The summed E-state index contributed by atoms with van der Waals surface area (Å²) < 4.78 is 5.66. The zero-order valence-electron chi connectivity index (χ0n) is 15.8. The van der Waals surface area contributed by atoms with Crippen LogP contribution in [0.1, 0.15) is 18.3 Å². The van der Waals surface area contributed by atoms with E-state index in [1.165, 1.54) is 6.92 Å². The lowest BCUT2D eigenvalue weighted by molar-refractivity contribution is -0.161. The molecule has 3 N–H and O–H groups in total. The third kappa shape index (κ3) is 4.89. The molecule has 1 heterocycles. The Bertz CT molecular complexity index is 945. The Labute approximate surface area is 167 Å². The number of aliphatic hydroxyl groups excluding tert-OH is 1. The average molecular weight is 395 g/mol. The van der Waals surface area contributed by atoms with Gasteiger partial charge >= 0.3 is 0 Å². The van der Waals surface area contributed by atoms with Gasteiger partial charge in [-0.25, -0.2) is 0 Å². The van der Waals surface area contributed by atoms with Crippen molar-refractivity contribution in [2.45, 2.75) is 25.7 Å². The van der Waals surface area contributed by atoms with Gasteiger partial charge in [-0.15, -0.1) is 10.2 Å². The SMILES string of the molecule is CC(OCc1ccc(-c2ccccc2)cc1)(C(=O)CO)C(=O)NCc1nn[nH]n1. The summed E-state index contributed by atoms with van der Waals surface area (Å²) in [5, 5.41) is 24.9. The number of ether oxygens (including phenoxy) is 1. The number of tetrazole rings is 1. The second kappa shape index (κ2) is 9.18. The number of aromatic amines is 1. The molecule has 0 aliphatic rings. The van der Waals surface area contributed by atoms with Crippen LogP contribution in [0.3, 0.4) is 0 Å². The highest BCUT2D eigenvalue weighted by atomic mass is 16.5. The van der Waals surface area contributed by atoms with Gasteiger partial charge in [-0.05, 0) is 23.6 Å². The van der Waals surface area contributed by atoms with E-state index in [0.717, 1.165) is 16.7 Å². The smallest absolute Gasteiger partial charge is 0.260 e. The quantitative estimate of drug-likeness (QED) is 0.461. The molecule has 0 fully saturated rings. The Morgan fingerprint density at radius 2 is 1.79 bits per heavy atom. The van der Waals surface area contributed by atoms with Crippen LogP contribution in [0.15, 0.2) is 54.6 Å². The minimum absolute atomic E-state index is 0.0208. The van der Waals surface area contributed by atoms with Crippen molar-refractivity contribution in [2.24, 2.45) is 0 Å². The number of rotatable bonds is 9. The molecule has 150 valence electrons. The predicted octanol–water partition coefficient (Wildman–Crippen LogP) is 1.02. The monoisotopic (exact) mass is 395 g/mol. The molecule has 0 saturated heterocycles. The number of amides is 1. The number of benzene rings is 2. The van der Waals surface area contributed by atoms with Crippen LogP contribution in [-0.4, -0.2) is 49.6 Å². The number of hydrogen-bond acceptors (Lipinski definition) is 7. The second-order valence-corrected chi connectivity index (χ2v) is 6.48. The van der Waals surface area contributed by atoms with E-state index < -0.39 is 23.9 Å². The molecule has 1 unspecified atom stereocenters. The summed E-state index contributed by atoms with van der Waals surface area (Å²) in [7, 11) is 0. The fraction of sp³-hybridized carbons (Fsp3) is 0.250. The summed E-state index contributed by atoms with van der Waals surface area (Å²) in [6.07, 6.45) is 0. The first-order valence-electron chi connectivity index (χ1n) is 8.96. The standard InChI is InChI=1S/C20H21N5O4/c1-20(17(27)12-26,19(28)21-11-18-22-24-25-23-18)29-13-14-7-9-16(10-8-14)15-5-3-2-4-6-15/h2-10,26H,11-13H2,1H3,(H,21,28)(H,22,23,24,25). The minimum atomic E-state index is -1.85. The molecule has 29 heavy (non-hydrogen) atoms. The Morgan fingerprint density at radius 1 is 1.10 bits per heavy atom. The van der Waals surface area contributed by atoms with Crippen LogP contribution in [0.25, 0.3) is 11.1 Å². The summed E-state index contributed by atoms with van der Waals surface area (Å²) >= 11 is 0. The number of carbonyl (C=O) groups is 2. The van der Waals surface area contributed by atoms with Gasteiger partial charge in [-0.3, -0.25) is 9.59 Å². The van der Waals surface area contributed by atoms with E-state index in [0.29, 0.717) is 0 Å². The van der Waals surface area contributed by atoms with Crippen molar-refractivity contribution in [2.75, 3.05) is 6.61 Å². The fourth-order valence-electron chi connectivity index (χ4n) is 2.66. The third-order valence-corrected chi connectivity index (χ3v) is 4.49. The van der Waals surface area contributed by atoms with Crippen LogP contribution in [0, 0.1) is 0 Å². The normalized spacial score (nSPS) is 12.9. The molecule has 0 radical (unpaired) electrons. The highest BCUT2D eigenvalue weighted by molar-refractivity contribution is 6.09. The highest BCUT2D eigenvalue weighted by Crippen LogP contribution is 2.21. The number of H-pyrrole nitrogens is 1. The molecule has 9 nitrogen and oxygen atoms in total. The van der Waals surface area contributed by atoms with Crippen LogP contribution in [0.4, 0.5) is 0 Å². The van der Waals surface area contributed by atoms with Crippen LogP contribution >= 0.6 is 0 Å². The summed E-state index contributed by atoms with van der Waals surface area (Å²) in [5.74, 6) is -1.18. The van der Waals surface area contributed by atoms with Crippen molar-refractivity contribution in [3.63, 3.8) is 0 Å². The number of Topliss-reactive ketones (excluding diaryl/α,β-unsaturated/α-hetero) is 1. The first-order chi connectivity index (χ1) is 14.0. The Hall–Kier alpha value is -3.43. The van der Waals surface area contributed by atoms with Crippen molar-refractivity contribution in [1.29, 1.82) is 0 Å². The number of aromatic nitrogens is 4. The van der Waals surface area contributed by atoms with Crippen LogP contribution in [0.2, 0.25) is 0 Å². The second-order valence-electron chi connectivity index (χ2n) is 6.48. The molecule has 2 aromatic carbocycles. The summed E-state index contributed by atoms with van der Waals surface area (Å²) in [5.41, 5.74) is 1.06. The van der Waals surface area contributed by atoms with Crippen molar-refractivity contribution in [3.05, 3.63) is 66.0 Å². The summed E-state index contributed by atoms with van der Waals surface area (Å²) in [4.78, 5) is 24.8. The molecule has 3 rings (SSSR count). The van der Waals surface area contributed by atoms with E-state index in [4.69, 9.17) is 4.74 Å². The lowest BCUT2D eigenvalue weighted by atomic mass is 9.99. The molecule has 9 heteroatoms. The van der Waals surface area contributed by atoms with Gasteiger partial charge in [0, 0.05) is 0 Å². The van der Waals surface area contributed by atoms with Crippen LogP contribution < -0.4 is 5.32 Å². The van der Waals surface area contributed by atoms with Gasteiger partial charge in [-0.2, -0.15) is 5.21 Å². The van der Waals surface area contributed by atoms with E-state index >= 15 is 0 Å². The van der Waals surface area contributed by atoms with E-state index in [1.807, 2.05) is 54.6 Å². The molecule has 0 spiro atoms. The third-order valence-electron chi connectivity index (χ3n) is 4.49. The van der Waals surface area contributed by atoms with E-state index in [-0.39, 0.29) is 19.0 Å². The van der Waals surface area contributed by atoms with E-state index in [2.05, 4.69) is 25.9 Å². The molecule has 3 aromatic rings. The molecule has 0 aliphatic carbocycles. The molecule has 1 atom stereocenters. The Kier molecular flexibility index (Phi) is 6.43. The first-order valence-corrected chi connectivity index (χ1v) is 8.96. The lowest BCUT2D eigenvalue weighted by Gasteiger charge is -2.26. The zero-order chi connectivity index (χ0) is 20.7. The Balaban J connectivity index is 1.66. The largest absolute Gasteiger partial charge is 0.388 e. The Morgan fingerprint density at radius 3 is 2.41 bits per heavy atom. The molecular weight excluding hydrogens is 374 g/mol. The maximum atomic E-state index is 12.6. The van der Waals surface area contributed by atoms with Gasteiger partial charge in [0.1, 0.15) is 6.61 Å². The van der Waals surface area contributed by atoms with Crippen LogP contribution in [0.5, 0.6) is 0 Å². The maximum absolute atomic E-state index is 12.6. The summed E-state index contributed by atoms with van der Waals surface area (Å²) in [6, 6.07) is 17.5. The van der Waals surface area contributed by atoms with Crippen molar-refractivity contribution >= 4 is 11.7 Å². The van der Waals surface area contributed by atoms with Gasteiger partial charge in [0.25, 0.3) is 5.91 Å². The average Bonchev–Trinajstić information content (AvgIpc) is 3.30. The molecule has 0 saturated carbocycles. The maximum Gasteiger partial charge on any atom is 0.260 e. The highest BCUT2D eigenvalue weighted by Gasteiger charge is 2.41. The van der Waals surface area contributed by atoms with Gasteiger partial charge in [-0.1, -0.05) is 59.8 Å². The number of carbonyl (C=O) groups excluding carboxylic acids is 2. The summed E-state index contributed by atoms with van der Waals surface area (Å²) in [6.45, 7) is 0.500. The number of nitrogens with zero attached hydrogens (tertiary/aromatic N) is 3. The number of hydrogen-bond donors (Lipinski definition) is 3. The zero-order valence-corrected chi connectivity index (χ0v) is 15.8. The van der Waals surface area contributed by atoms with E-state index in [9.17, 15) is 14.7 Å². The molecule has 1 amide bonds. The first kappa shape index (κ1) is 20.3. The minimum Gasteiger partial charge on any atom is -0.388 e. The lowest BCUT2D eigenvalue weighted by Crippen LogP contribution is -2.53. The molecule has 0 aliphatic heterocycles. The van der Waals surface area contributed by atoms with E-state index in [1.54, 1.807) is 0 Å². The van der Waals surface area contributed by atoms with Gasteiger partial charge in [0.15, 0.2) is 11.6 Å².